The van der Waals surface area contributed by atoms with E-state index >= 15 is 0 Å². The van der Waals surface area contributed by atoms with Crippen LogP contribution in [0.25, 0.3) is 0 Å². The van der Waals surface area contributed by atoms with E-state index in [0.717, 1.165) is 19.4 Å². The van der Waals surface area contributed by atoms with Crippen LogP contribution in [0, 0.1) is 0 Å². The zero-order valence-electron chi connectivity index (χ0n) is 6.99. The summed E-state index contributed by atoms with van der Waals surface area (Å²) in [5, 5.41) is 0. The van der Waals surface area contributed by atoms with Gasteiger partial charge < -0.3 is 4.74 Å². The van der Waals surface area contributed by atoms with Gasteiger partial charge in [-0.15, -0.1) is 0 Å². The number of rotatable bonds is 2. The summed E-state index contributed by atoms with van der Waals surface area (Å²) in [5.41, 5.74) is 2.77. The Bertz CT molecular complexity index is 274. The third kappa shape index (κ3) is 1.67. The zero-order chi connectivity index (χ0) is 8.23. The van der Waals surface area contributed by atoms with Crippen LogP contribution in [0.5, 0.6) is 0 Å². The molecule has 0 radical (unpaired) electrons. The minimum Gasteiger partial charge on any atom is -0.501 e. The molecule has 1 aromatic rings. The molecule has 1 heteroatoms. The number of hydrogen-bond donors (Lipinski definition) is 0. The first kappa shape index (κ1) is 7.41. The van der Waals surface area contributed by atoms with Crippen molar-refractivity contribution < 1.29 is 4.74 Å². The van der Waals surface area contributed by atoms with Gasteiger partial charge in [0.15, 0.2) is 0 Å². The smallest absolute Gasteiger partial charge is 0.0911 e. The van der Waals surface area contributed by atoms with Gasteiger partial charge >= 0.3 is 0 Å². The Morgan fingerprint density at radius 2 is 2.00 bits per heavy atom. The van der Waals surface area contributed by atoms with Crippen molar-refractivity contribution in [3.63, 3.8) is 0 Å². The highest BCUT2D eigenvalue weighted by Gasteiger charge is 2.05. The molecule has 1 nitrogen and oxygen atoms in total. The van der Waals surface area contributed by atoms with Crippen LogP contribution in [0.3, 0.4) is 0 Å². The molecule has 0 N–H and O–H groups in total. The molecule has 0 unspecified atom stereocenters. The molecule has 2 rings (SSSR count). The van der Waals surface area contributed by atoms with Gasteiger partial charge in [-0.3, -0.25) is 0 Å². The third-order valence-electron chi connectivity index (χ3n) is 2.07. The predicted molar refractivity (Wildman–Crippen MR) is 48.8 cm³/mol. The summed E-state index contributed by atoms with van der Waals surface area (Å²) in [6.45, 7) is 0.863. The predicted octanol–water partition coefficient (Wildman–Crippen LogP) is 2.53. The number of hydrogen-bond acceptors (Lipinski definition) is 1. The Morgan fingerprint density at radius 1 is 1.17 bits per heavy atom. The van der Waals surface area contributed by atoms with Crippen molar-refractivity contribution in [2.45, 2.75) is 12.8 Å². The molecule has 0 atom stereocenters. The highest BCUT2D eigenvalue weighted by atomic mass is 16.5. The fourth-order valence-corrected chi connectivity index (χ4v) is 1.41. The summed E-state index contributed by atoms with van der Waals surface area (Å²) in [7, 11) is 0. The maximum absolute atomic E-state index is 5.17. The molecule has 1 aliphatic rings. The van der Waals surface area contributed by atoms with Gasteiger partial charge in [0.25, 0.3) is 0 Å². The molecule has 0 fully saturated rings. The molecule has 1 aliphatic heterocycles. The minimum absolute atomic E-state index is 0.863. The number of ether oxygens (including phenoxy) is 1. The topological polar surface area (TPSA) is 9.23 Å². The van der Waals surface area contributed by atoms with E-state index in [0.29, 0.717) is 0 Å². The molecule has 0 aromatic heterocycles. The molecule has 0 spiro atoms. The lowest BCUT2D eigenvalue weighted by atomic mass is 10.1. The SMILES string of the molecule is C1=C(Cc2ccccc2)CCO1. The normalized spacial score (nSPS) is 15.5. The lowest BCUT2D eigenvalue weighted by molar-refractivity contribution is 0.281. The summed E-state index contributed by atoms with van der Waals surface area (Å²) in [4.78, 5) is 0. The van der Waals surface area contributed by atoms with Crippen molar-refractivity contribution in [3.05, 3.63) is 47.7 Å². The molecule has 62 valence electrons. The van der Waals surface area contributed by atoms with Crippen LogP contribution in [0.15, 0.2) is 42.2 Å². The number of benzene rings is 1. The maximum atomic E-state index is 5.17. The summed E-state index contributed by atoms with van der Waals surface area (Å²) in [5.74, 6) is 0. The van der Waals surface area contributed by atoms with Crippen LogP contribution >= 0.6 is 0 Å². The summed E-state index contributed by atoms with van der Waals surface area (Å²) >= 11 is 0. The van der Waals surface area contributed by atoms with Crippen LogP contribution in [-0.2, 0) is 11.2 Å². The van der Waals surface area contributed by atoms with Crippen molar-refractivity contribution in [2.24, 2.45) is 0 Å². The lowest BCUT2D eigenvalue weighted by Gasteiger charge is -1.98. The second kappa shape index (κ2) is 3.44. The Kier molecular flexibility index (Phi) is 2.12. The first-order valence-corrected chi connectivity index (χ1v) is 4.28. The quantitative estimate of drug-likeness (QED) is 0.646. The van der Waals surface area contributed by atoms with Crippen molar-refractivity contribution in [2.75, 3.05) is 6.61 Å². The lowest BCUT2D eigenvalue weighted by Crippen LogP contribution is -1.87. The Balaban J connectivity index is 2.04. The van der Waals surface area contributed by atoms with Crippen molar-refractivity contribution in [1.29, 1.82) is 0 Å². The van der Waals surface area contributed by atoms with Crippen molar-refractivity contribution >= 4 is 0 Å². The van der Waals surface area contributed by atoms with E-state index in [1.807, 2.05) is 12.3 Å². The highest BCUT2D eigenvalue weighted by Crippen LogP contribution is 2.15. The molecular weight excluding hydrogens is 148 g/mol. The van der Waals surface area contributed by atoms with Gasteiger partial charge in [-0.1, -0.05) is 30.3 Å². The Labute approximate surface area is 72.7 Å². The van der Waals surface area contributed by atoms with E-state index in [9.17, 15) is 0 Å². The fraction of sp³-hybridized carbons (Fsp3) is 0.273. The van der Waals surface area contributed by atoms with Gasteiger partial charge in [-0.05, 0) is 17.6 Å². The average molecular weight is 160 g/mol. The van der Waals surface area contributed by atoms with Gasteiger partial charge in [0.05, 0.1) is 12.9 Å². The highest BCUT2D eigenvalue weighted by molar-refractivity contribution is 5.21. The zero-order valence-corrected chi connectivity index (χ0v) is 6.99. The van der Waals surface area contributed by atoms with Crippen molar-refractivity contribution in [3.8, 4) is 0 Å². The second-order valence-corrected chi connectivity index (χ2v) is 3.06. The Hall–Kier alpha value is -1.24. The first-order valence-electron chi connectivity index (χ1n) is 4.28. The van der Waals surface area contributed by atoms with E-state index in [2.05, 4.69) is 24.3 Å². The summed E-state index contributed by atoms with van der Waals surface area (Å²) in [6.07, 6.45) is 4.03. The van der Waals surface area contributed by atoms with Crippen LogP contribution in [0.1, 0.15) is 12.0 Å². The van der Waals surface area contributed by atoms with Crippen LogP contribution in [0.4, 0.5) is 0 Å². The van der Waals surface area contributed by atoms with Gasteiger partial charge in [0, 0.05) is 6.42 Å². The van der Waals surface area contributed by atoms with Gasteiger partial charge in [0.1, 0.15) is 0 Å². The molecule has 0 bridgehead atoms. The molecule has 0 aliphatic carbocycles. The standard InChI is InChI=1S/C11H12O/c1-2-4-10(5-3-1)8-11-6-7-12-9-11/h1-5,9H,6-8H2. The molecule has 1 aromatic carbocycles. The van der Waals surface area contributed by atoms with E-state index in [1.54, 1.807) is 0 Å². The van der Waals surface area contributed by atoms with E-state index < -0.39 is 0 Å². The van der Waals surface area contributed by atoms with Crippen LogP contribution in [-0.4, -0.2) is 6.61 Å². The van der Waals surface area contributed by atoms with Gasteiger partial charge in [-0.2, -0.15) is 0 Å². The van der Waals surface area contributed by atoms with E-state index in [1.165, 1.54) is 11.1 Å². The monoisotopic (exact) mass is 160 g/mol. The molecule has 0 amide bonds. The third-order valence-corrected chi connectivity index (χ3v) is 2.07. The van der Waals surface area contributed by atoms with Crippen LogP contribution in [0.2, 0.25) is 0 Å². The molecule has 1 heterocycles. The fourth-order valence-electron chi connectivity index (χ4n) is 1.41. The molecule has 0 saturated carbocycles. The molecule has 12 heavy (non-hydrogen) atoms. The first-order chi connectivity index (χ1) is 5.95. The second-order valence-electron chi connectivity index (χ2n) is 3.06. The minimum atomic E-state index is 0.863. The molecular formula is C11H12O. The van der Waals surface area contributed by atoms with E-state index in [4.69, 9.17) is 4.74 Å². The van der Waals surface area contributed by atoms with E-state index in [-0.39, 0.29) is 0 Å². The summed E-state index contributed by atoms with van der Waals surface area (Å²) < 4.78 is 5.17. The van der Waals surface area contributed by atoms with Crippen molar-refractivity contribution in [1.82, 2.24) is 0 Å². The Morgan fingerprint density at radius 3 is 2.67 bits per heavy atom. The van der Waals surface area contributed by atoms with Gasteiger partial charge in [0.2, 0.25) is 0 Å². The average Bonchev–Trinajstić information content (AvgIpc) is 2.59. The van der Waals surface area contributed by atoms with Gasteiger partial charge in [-0.25, -0.2) is 0 Å². The van der Waals surface area contributed by atoms with Crippen LogP contribution < -0.4 is 0 Å². The largest absolute Gasteiger partial charge is 0.501 e. The maximum Gasteiger partial charge on any atom is 0.0911 e. The summed E-state index contributed by atoms with van der Waals surface area (Å²) in [6, 6.07) is 10.5. The molecule has 0 saturated heterocycles.